The van der Waals surface area contributed by atoms with Crippen LogP contribution in [0.15, 0.2) is 45.0 Å². The molecule has 2 amide bonds. The van der Waals surface area contributed by atoms with Crippen molar-refractivity contribution in [1.82, 2.24) is 15.2 Å². The van der Waals surface area contributed by atoms with Gasteiger partial charge in [-0.3, -0.25) is 19.6 Å². The Morgan fingerprint density at radius 1 is 1.22 bits per heavy atom. The first-order valence-corrected chi connectivity index (χ1v) is 12.8. The van der Waals surface area contributed by atoms with Crippen LogP contribution in [0.5, 0.6) is 0 Å². The molecule has 4 rings (SSSR count). The first-order chi connectivity index (χ1) is 19.2. The molecule has 41 heavy (non-hydrogen) atoms. The molecule has 0 aromatic carbocycles. The molecule has 0 saturated carbocycles. The number of carbonyl (C=O) groups is 2. The number of amides is 2. The van der Waals surface area contributed by atoms with Crippen molar-refractivity contribution < 1.29 is 32.3 Å². The van der Waals surface area contributed by atoms with E-state index in [9.17, 15) is 32.3 Å². The molecule has 0 bridgehead atoms. The van der Waals surface area contributed by atoms with Crippen LogP contribution in [0.4, 0.5) is 23.2 Å². The van der Waals surface area contributed by atoms with Crippen molar-refractivity contribution in [2.45, 2.75) is 57.5 Å². The van der Waals surface area contributed by atoms with Crippen LogP contribution in [0, 0.1) is 17.2 Å². The average Bonchev–Trinajstić information content (AvgIpc) is 3.34. The van der Waals surface area contributed by atoms with Gasteiger partial charge in [-0.2, -0.15) is 18.4 Å². The molecule has 3 aliphatic rings. The maximum Gasteiger partial charge on any atom is 0.397 e. The Kier molecular flexibility index (Phi) is 9.92. The molecule has 15 heteroatoms. The van der Waals surface area contributed by atoms with Gasteiger partial charge in [0.15, 0.2) is 0 Å². The van der Waals surface area contributed by atoms with E-state index in [1.54, 1.807) is 6.08 Å². The molecule has 1 aromatic rings. The number of hydrogen-bond acceptors (Lipinski definition) is 9. The number of aliphatic hydroxyl groups is 1. The molecule has 2 unspecified atom stereocenters. The van der Waals surface area contributed by atoms with E-state index in [2.05, 4.69) is 31.6 Å². The number of nitrogens with zero attached hydrogens (tertiary/aromatic N) is 6. The van der Waals surface area contributed by atoms with E-state index in [0.717, 1.165) is 19.3 Å². The minimum Gasteiger partial charge on any atom is -0.398 e. The number of hydrogen-bond donors (Lipinski definition) is 3. The molecule has 0 radical (unpaired) electrons. The molecule has 220 valence electrons. The highest BCUT2D eigenvalue weighted by molar-refractivity contribution is 5.99. The molecule has 3 aliphatic heterocycles. The number of aromatic nitrogens is 1. The maximum absolute atomic E-state index is 13.8. The van der Waals surface area contributed by atoms with Gasteiger partial charge in [-0.1, -0.05) is 0 Å². The summed E-state index contributed by atoms with van der Waals surface area (Å²) < 4.78 is 49.2. The number of carbonyl (C=O) groups excluding carboxylic acids is 2. The summed E-state index contributed by atoms with van der Waals surface area (Å²) in [6, 6.07) is 3.51. The summed E-state index contributed by atoms with van der Waals surface area (Å²) in [5.41, 5.74) is 6.27. The van der Waals surface area contributed by atoms with Gasteiger partial charge in [0.2, 0.25) is 5.91 Å². The lowest BCUT2D eigenvalue weighted by Crippen LogP contribution is -2.42. The van der Waals surface area contributed by atoms with Crippen LogP contribution < -0.4 is 11.1 Å². The molecule has 0 spiro atoms. The van der Waals surface area contributed by atoms with Crippen molar-refractivity contribution in [2.24, 2.45) is 21.1 Å². The van der Waals surface area contributed by atoms with Crippen molar-refractivity contribution in [1.29, 1.82) is 5.26 Å². The molecule has 1 fully saturated rings. The van der Waals surface area contributed by atoms with Gasteiger partial charge in [-0.15, -0.1) is 10.2 Å². The molecule has 4 N–H and O–H groups in total. The quantitative estimate of drug-likeness (QED) is 0.435. The van der Waals surface area contributed by atoms with E-state index in [-0.39, 0.29) is 17.8 Å². The van der Waals surface area contributed by atoms with Crippen molar-refractivity contribution >= 4 is 29.4 Å². The topological polar surface area (TPSA) is 169 Å². The van der Waals surface area contributed by atoms with Crippen LogP contribution in [-0.4, -0.2) is 70.6 Å². The monoisotopic (exact) mass is 578 g/mol. The number of nitrogen functional groups attached to an aromatic ring is 1. The molecule has 1 aromatic heterocycles. The smallest absolute Gasteiger partial charge is 0.397 e. The number of anilines is 1. The van der Waals surface area contributed by atoms with Gasteiger partial charge < -0.3 is 21.1 Å². The first kappa shape index (κ1) is 31.3. The second kappa shape index (κ2) is 13.0. The zero-order chi connectivity index (χ0) is 30.4. The maximum atomic E-state index is 13.8. The number of nitriles is 1. The van der Waals surface area contributed by atoms with E-state index in [0.29, 0.717) is 35.9 Å². The third kappa shape index (κ3) is 8.65. The van der Waals surface area contributed by atoms with E-state index >= 15 is 0 Å². The minimum atomic E-state index is -4.37. The Labute approximate surface area is 233 Å². The van der Waals surface area contributed by atoms with E-state index in [1.165, 1.54) is 37.2 Å². The summed E-state index contributed by atoms with van der Waals surface area (Å²) in [5.74, 6) is -1.86. The lowest BCUT2D eigenvalue weighted by Gasteiger charge is -2.27. The Morgan fingerprint density at radius 3 is 2.49 bits per heavy atom. The molecule has 2 atom stereocenters. The van der Waals surface area contributed by atoms with Crippen molar-refractivity contribution in [3.8, 4) is 6.07 Å². The summed E-state index contributed by atoms with van der Waals surface area (Å²) in [6.07, 6.45) is -0.282. The van der Waals surface area contributed by atoms with Crippen LogP contribution in [0.2, 0.25) is 0 Å². The predicted octanol–water partition coefficient (Wildman–Crippen LogP) is 3.70. The number of fused-ring (bicyclic) bond motifs is 1. The Balaban J connectivity index is 0.000000298. The van der Waals surface area contributed by atoms with Gasteiger partial charge in [0.1, 0.15) is 35.6 Å². The number of halogens is 4. The van der Waals surface area contributed by atoms with Crippen molar-refractivity contribution in [3.05, 3.63) is 41.0 Å². The number of pyridine rings is 1. The number of nitrogens with one attached hydrogen (secondary N) is 1. The van der Waals surface area contributed by atoms with Crippen LogP contribution in [0.3, 0.4) is 0 Å². The number of piperidine rings is 1. The van der Waals surface area contributed by atoms with Crippen LogP contribution >= 0.6 is 0 Å². The fraction of sp³-hybridized carbons (Fsp3) is 0.500. The Hall–Kier alpha value is -4.19. The van der Waals surface area contributed by atoms with E-state index < -0.39 is 42.1 Å². The molecular formula is C26H30F4N8O3. The van der Waals surface area contributed by atoms with Crippen molar-refractivity contribution in [3.63, 3.8) is 0 Å². The second-order valence-electron chi connectivity index (χ2n) is 10.1. The lowest BCUT2D eigenvalue weighted by atomic mass is 10.0. The highest BCUT2D eigenvalue weighted by Gasteiger charge is 2.33. The third-order valence-corrected chi connectivity index (χ3v) is 6.27. The van der Waals surface area contributed by atoms with Gasteiger partial charge in [-0.05, 0) is 45.3 Å². The van der Waals surface area contributed by atoms with Crippen LogP contribution in [-0.2, 0) is 4.79 Å². The summed E-state index contributed by atoms with van der Waals surface area (Å²) >= 11 is 0. The highest BCUT2D eigenvalue weighted by atomic mass is 19.4. The standard InChI is InChI=1S/C18H18FN7O2.C8H12F3NO/c1-18(2,28)14(19)8-24-17(27)10-7-22-12(4-11(10)21)16-15-13(25-26-16)3-9(5-20)6-23-15;9-8(10,11)6-7(13)12-4-2-1-3-5-12/h3-4,6-7,9,14,28H,8H2,1-2H3,(H2,21,22)(H,24,27);1-6H2. The number of allylic oxidation sites excluding steroid dienone is 1. The third-order valence-electron chi connectivity index (χ3n) is 6.27. The normalized spacial score (nSPS) is 19.0. The zero-order valence-electron chi connectivity index (χ0n) is 22.5. The largest absolute Gasteiger partial charge is 0.398 e. The number of rotatable bonds is 6. The first-order valence-electron chi connectivity index (χ1n) is 12.8. The van der Waals surface area contributed by atoms with E-state index in [1.807, 2.05) is 0 Å². The van der Waals surface area contributed by atoms with E-state index in [4.69, 9.17) is 11.0 Å². The SMILES string of the molecule is CC(C)(O)C(F)CNC(=O)c1cnc(C2=C3N=CC(C#N)C=C3N=N2)cc1N.O=C(CC(F)(F)F)N1CCCCC1. The highest BCUT2D eigenvalue weighted by Crippen LogP contribution is 2.35. The number of alkyl halides is 4. The number of dihydropyridines is 1. The fourth-order valence-corrected chi connectivity index (χ4v) is 3.91. The van der Waals surface area contributed by atoms with Crippen LogP contribution in [0.25, 0.3) is 5.70 Å². The fourth-order valence-electron chi connectivity index (χ4n) is 3.91. The number of aliphatic imine (C=N–C) groups is 1. The number of azo groups is 1. The molecule has 4 heterocycles. The summed E-state index contributed by atoms with van der Waals surface area (Å²) in [5, 5.41) is 29.0. The Morgan fingerprint density at radius 2 is 1.90 bits per heavy atom. The molecular weight excluding hydrogens is 548 g/mol. The van der Waals surface area contributed by atoms with Gasteiger partial charge in [0, 0.05) is 31.2 Å². The molecule has 11 nitrogen and oxygen atoms in total. The summed E-state index contributed by atoms with van der Waals surface area (Å²) in [4.78, 5) is 33.0. The van der Waals surface area contributed by atoms with Crippen molar-refractivity contribution in [2.75, 3.05) is 25.4 Å². The average molecular weight is 579 g/mol. The minimum absolute atomic E-state index is 0.0692. The van der Waals surface area contributed by atoms with Crippen LogP contribution in [0.1, 0.15) is 55.6 Å². The Bertz CT molecular complexity index is 1320. The second-order valence-corrected chi connectivity index (χ2v) is 10.1. The van der Waals surface area contributed by atoms with Gasteiger partial charge in [0.05, 0.1) is 29.5 Å². The number of nitrogens with two attached hydrogens (primary N) is 1. The zero-order valence-corrected chi connectivity index (χ0v) is 22.5. The predicted molar refractivity (Wildman–Crippen MR) is 141 cm³/mol. The summed E-state index contributed by atoms with van der Waals surface area (Å²) in [6.45, 7) is 3.23. The molecule has 0 aliphatic carbocycles. The van der Waals surface area contributed by atoms with Gasteiger partial charge in [-0.25, -0.2) is 4.39 Å². The number of likely N-dealkylation sites (tertiary alicyclic amines) is 1. The molecule has 1 saturated heterocycles. The summed E-state index contributed by atoms with van der Waals surface area (Å²) in [7, 11) is 0. The van der Waals surface area contributed by atoms with Gasteiger partial charge in [0.25, 0.3) is 5.91 Å². The lowest BCUT2D eigenvalue weighted by molar-refractivity contribution is -0.162. The van der Waals surface area contributed by atoms with Gasteiger partial charge >= 0.3 is 6.18 Å².